The summed E-state index contributed by atoms with van der Waals surface area (Å²) in [7, 11) is 0. The molecule has 0 aliphatic heterocycles. The summed E-state index contributed by atoms with van der Waals surface area (Å²) in [4.78, 5) is 29.1. The molecule has 0 aliphatic carbocycles. The number of carbonyl (C=O) groups is 2. The number of benzene rings is 2. The average molecular weight is 446 g/mol. The van der Waals surface area contributed by atoms with Gasteiger partial charge in [-0.25, -0.2) is 4.68 Å². The molecule has 8 heteroatoms. The highest BCUT2D eigenvalue weighted by atomic mass is 35.5. The number of halogens is 1. The second kappa shape index (κ2) is 9.03. The molecule has 0 radical (unpaired) electrons. The fraction of sp³-hybridized carbons (Fsp3) is 0.0833. The molecule has 0 fully saturated rings. The SMILES string of the molecule is Cc1nn(-c2ccc(C(=O)Nc3cccc(C(=O)Nc4ccncc4)c3)cc2)c(C)c1Cl. The molecular formula is C24H20ClN5O2. The molecule has 2 N–H and O–H groups in total. The number of pyridine rings is 1. The highest BCUT2D eigenvalue weighted by molar-refractivity contribution is 6.31. The molecule has 2 aromatic heterocycles. The van der Waals surface area contributed by atoms with Crippen molar-refractivity contribution < 1.29 is 9.59 Å². The maximum Gasteiger partial charge on any atom is 0.255 e. The van der Waals surface area contributed by atoms with Crippen LogP contribution in [0.25, 0.3) is 5.69 Å². The van der Waals surface area contributed by atoms with Crippen LogP contribution in [0.2, 0.25) is 5.02 Å². The van der Waals surface area contributed by atoms with Gasteiger partial charge in [0.1, 0.15) is 0 Å². The third kappa shape index (κ3) is 4.53. The van der Waals surface area contributed by atoms with E-state index in [2.05, 4.69) is 20.7 Å². The van der Waals surface area contributed by atoms with Gasteiger partial charge in [0.15, 0.2) is 0 Å². The first kappa shape index (κ1) is 21.3. The van der Waals surface area contributed by atoms with Crippen molar-refractivity contribution in [2.45, 2.75) is 13.8 Å². The normalized spacial score (nSPS) is 10.6. The van der Waals surface area contributed by atoms with Gasteiger partial charge in [0.05, 0.1) is 22.1 Å². The summed E-state index contributed by atoms with van der Waals surface area (Å²) in [5.74, 6) is -0.560. The summed E-state index contributed by atoms with van der Waals surface area (Å²) in [5, 5.41) is 10.7. The molecule has 7 nitrogen and oxygen atoms in total. The molecule has 4 aromatic rings. The van der Waals surface area contributed by atoms with Gasteiger partial charge in [-0.3, -0.25) is 14.6 Å². The minimum absolute atomic E-state index is 0.278. The predicted octanol–water partition coefficient (Wildman–Crippen LogP) is 5.04. The fourth-order valence-corrected chi connectivity index (χ4v) is 3.33. The maximum atomic E-state index is 12.7. The van der Waals surface area contributed by atoms with Gasteiger partial charge < -0.3 is 10.6 Å². The average Bonchev–Trinajstić information content (AvgIpc) is 3.07. The number of aryl methyl sites for hydroxylation is 1. The fourth-order valence-electron chi connectivity index (χ4n) is 3.21. The minimum Gasteiger partial charge on any atom is -0.322 e. The molecule has 0 saturated carbocycles. The van der Waals surface area contributed by atoms with Crippen LogP contribution in [0.3, 0.4) is 0 Å². The van der Waals surface area contributed by atoms with Gasteiger partial charge in [-0.2, -0.15) is 5.10 Å². The van der Waals surface area contributed by atoms with Crippen molar-refractivity contribution in [2.24, 2.45) is 0 Å². The minimum atomic E-state index is -0.283. The highest BCUT2D eigenvalue weighted by Gasteiger charge is 2.13. The van der Waals surface area contributed by atoms with E-state index < -0.39 is 0 Å². The lowest BCUT2D eigenvalue weighted by Gasteiger charge is -2.09. The molecular weight excluding hydrogens is 426 g/mol. The first-order valence-electron chi connectivity index (χ1n) is 9.87. The van der Waals surface area contributed by atoms with E-state index in [0.29, 0.717) is 27.5 Å². The predicted molar refractivity (Wildman–Crippen MR) is 125 cm³/mol. The lowest BCUT2D eigenvalue weighted by atomic mass is 10.1. The summed E-state index contributed by atoms with van der Waals surface area (Å²) in [6.45, 7) is 3.74. The second-order valence-electron chi connectivity index (χ2n) is 7.17. The van der Waals surface area contributed by atoms with E-state index >= 15 is 0 Å². The Morgan fingerprint density at radius 1 is 0.844 bits per heavy atom. The van der Waals surface area contributed by atoms with E-state index in [-0.39, 0.29) is 11.8 Å². The topological polar surface area (TPSA) is 88.9 Å². The number of aromatic nitrogens is 3. The molecule has 160 valence electrons. The Bertz CT molecular complexity index is 1280. The Hall–Kier alpha value is -3.97. The van der Waals surface area contributed by atoms with E-state index in [9.17, 15) is 9.59 Å². The Labute approximate surface area is 190 Å². The van der Waals surface area contributed by atoms with Gasteiger partial charge in [-0.15, -0.1) is 0 Å². The largest absolute Gasteiger partial charge is 0.322 e. The number of nitrogens with zero attached hydrogens (tertiary/aromatic N) is 3. The molecule has 0 bridgehead atoms. The van der Waals surface area contributed by atoms with Crippen LogP contribution in [0.15, 0.2) is 73.1 Å². The number of hydrogen-bond donors (Lipinski definition) is 2. The van der Waals surface area contributed by atoms with Gasteiger partial charge in [-0.1, -0.05) is 17.7 Å². The first-order valence-corrected chi connectivity index (χ1v) is 10.2. The van der Waals surface area contributed by atoms with Crippen LogP contribution in [0.5, 0.6) is 0 Å². The smallest absolute Gasteiger partial charge is 0.255 e. The molecule has 32 heavy (non-hydrogen) atoms. The number of carbonyl (C=O) groups excluding carboxylic acids is 2. The van der Waals surface area contributed by atoms with E-state index in [1.54, 1.807) is 65.6 Å². The van der Waals surface area contributed by atoms with E-state index in [0.717, 1.165) is 17.1 Å². The molecule has 2 aromatic carbocycles. The lowest BCUT2D eigenvalue weighted by molar-refractivity contribution is 0.101. The van der Waals surface area contributed by atoms with Crippen LogP contribution in [-0.2, 0) is 0 Å². The number of nitrogens with one attached hydrogen (secondary N) is 2. The van der Waals surface area contributed by atoms with Gasteiger partial charge in [-0.05, 0) is 68.4 Å². The molecule has 0 spiro atoms. The van der Waals surface area contributed by atoms with Crippen LogP contribution in [-0.4, -0.2) is 26.6 Å². The Balaban J connectivity index is 1.46. The van der Waals surface area contributed by atoms with Crippen molar-refractivity contribution in [3.8, 4) is 5.69 Å². The maximum absolute atomic E-state index is 12.7. The highest BCUT2D eigenvalue weighted by Crippen LogP contribution is 2.23. The summed E-state index contributed by atoms with van der Waals surface area (Å²) in [6.07, 6.45) is 3.20. The Kier molecular flexibility index (Phi) is 6.00. The zero-order valence-electron chi connectivity index (χ0n) is 17.5. The third-order valence-electron chi connectivity index (χ3n) is 4.90. The zero-order valence-corrected chi connectivity index (χ0v) is 18.2. The molecule has 0 aliphatic rings. The summed E-state index contributed by atoms with van der Waals surface area (Å²) in [5.41, 5.74) is 4.46. The Morgan fingerprint density at radius 2 is 1.50 bits per heavy atom. The lowest BCUT2D eigenvalue weighted by Crippen LogP contribution is -2.14. The molecule has 2 heterocycles. The molecule has 2 amide bonds. The van der Waals surface area contributed by atoms with Gasteiger partial charge in [0, 0.05) is 34.9 Å². The van der Waals surface area contributed by atoms with Crippen molar-refractivity contribution in [1.82, 2.24) is 14.8 Å². The third-order valence-corrected chi connectivity index (χ3v) is 5.44. The zero-order chi connectivity index (χ0) is 22.7. The molecule has 0 atom stereocenters. The van der Waals surface area contributed by atoms with Crippen molar-refractivity contribution in [2.75, 3.05) is 10.6 Å². The summed E-state index contributed by atoms with van der Waals surface area (Å²) in [6, 6.07) is 17.2. The number of amides is 2. The van der Waals surface area contributed by atoms with Crippen LogP contribution in [0.4, 0.5) is 11.4 Å². The van der Waals surface area contributed by atoms with E-state index in [1.165, 1.54) is 0 Å². The molecule has 4 rings (SSSR count). The van der Waals surface area contributed by atoms with Gasteiger partial charge >= 0.3 is 0 Å². The number of anilines is 2. The van der Waals surface area contributed by atoms with Crippen LogP contribution in [0, 0.1) is 13.8 Å². The summed E-state index contributed by atoms with van der Waals surface area (Å²) < 4.78 is 1.74. The van der Waals surface area contributed by atoms with Crippen molar-refractivity contribution in [3.63, 3.8) is 0 Å². The second-order valence-corrected chi connectivity index (χ2v) is 7.55. The monoisotopic (exact) mass is 445 g/mol. The first-order chi connectivity index (χ1) is 15.4. The van der Waals surface area contributed by atoms with Crippen LogP contribution in [0.1, 0.15) is 32.1 Å². The quantitative estimate of drug-likeness (QED) is 0.450. The standard InChI is InChI=1S/C24H20ClN5O2/c1-15-22(25)16(2)30(29-15)21-8-6-17(7-9-21)23(31)28-20-5-3-4-18(14-20)24(32)27-19-10-12-26-13-11-19/h3-14H,1-2H3,(H,28,31)(H,26,27,32). The van der Waals surface area contributed by atoms with Gasteiger partial charge in [0.2, 0.25) is 0 Å². The van der Waals surface area contributed by atoms with E-state index in [4.69, 9.17) is 11.6 Å². The molecule has 0 saturated heterocycles. The van der Waals surface area contributed by atoms with E-state index in [1.807, 2.05) is 26.0 Å². The Morgan fingerprint density at radius 3 is 2.16 bits per heavy atom. The van der Waals surface area contributed by atoms with Gasteiger partial charge in [0.25, 0.3) is 11.8 Å². The van der Waals surface area contributed by atoms with Crippen molar-refractivity contribution in [3.05, 3.63) is 101 Å². The van der Waals surface area contributed by atoms with Crippen molar-refractivity contribution in [1.29, 1.82) is 0 Å². The number of hydrogen-bond acceptors (Lipinski definition) is 4. The van der Waals surface area contributed by atoms with Crippen molar-refractivity contribution >= 4 is 34.8 Å². The summed E-state index contributed by atoms with van der Waals surface area (Å²) >= 11 is 6.22. The number of rotatable bonds is 5. The van der Waals surface area contributed by atoms with Crippen LogP contribution < -0.4 is 10.6 Å². The van der Waals surface area contributed by atoms with Crippen LogP contribution >= 0.6 is 11.6 Å². The molecule has 0 unspecified atom stereocenters.